The van der Waals surface area contributed by atoms with Crippen LogP contribution < -0.4 is 143 Å². The van der Waals surface area contributed by atoms with Gasteiger partial charge in [-0.15, -0.1) is 0 Å². The SMILES string of the molecule is O=c1ccccn1[C@@H]1O[C@H](COP(=O)([O-])CP(=O)([O-])CP(=O)([O-])[O-])[C@@H](O)[C@H]1O.[Na+].[Na+].[Na+].[Na+]. The van der Waals surface area contributed by atoms with E-state index in [-0.39, 0.29) is 118 Å². The third-order valence-electron chi connectivity index (χ3n) is 3.68. The topological polar surface area (TPSA) is 224 Å². The van der Waals surface area contributed by atoms with Gasteiger partial charge >= 0.3 is 118 Å². The Morgan fingerprint density at radius 2 is 1.53 bits per heavy atom. The molecule has 0 radical (unpaired) electrons. The Labute approximate surface area is 272 Å². The molecule has 1 aliphatic heterocycles. The molecule has 32 heavy (non-hydrogen) atoms. The fourth-order valence-electron chi connectivity index (χ4n) is 2.55. The minimum Gasteiger partial charge on any atom is -0.810 e. The first-order valence-electron chi connectivity index (χ1n) is 7.64. The fourth-order valence-corrected chi connectivity index (χ4v) is 8.63. The molecule has 6 atom stereocenters. The van der Waals surface area contributed by atoms with Crippen molar-refractivity contribution in [2.45, 2.75) is 24.5 Å². The number of aliphatic hydroxyl groups excluding tert-OH is 2. The van der Waals surface area contributed by atoms with Gasteiger partial charge in [0.1, 0.15) is 25.9 Å². The van der Waals surface area contributed by atoms with Gasteiger partial charge in [0.2, 0.25) is 0 Å². The summed E-state index contributed by atoms with van der Waals surface area (Å²) in [5.41, 5.74) is -0.568. The maximum absolute atomic E-state index is 11.8. The van der Waals surface area contributed by atoms with Crippen LogP contribution >= 0.6 is 22.6 Å². The van der Waals surface area contributed by atoms with E-state index in [4.69, 9.17) is 4.74 Å². The van der Waals surface area contributed by atoms with Gasteiger partial charge in [0.25, 0.3) is 5.56 Å². The summed E-state index contributed by atoms with van der Waals surface area (Å²) in [4.78, 5) is 56.1. The van der Waals surface area contributed by atoms with E-state index in [1.165, 1.54) is 18.3 Å². The van der Waals surface area contributed by atoms with E-state index in [0.29, 0.717) is 0 Å². The Bertz CT molecular complexity index is 913. The first-order valence-corrected chi connectivity index (χ1v) is 13.1. The van der Waals surface area contributed by atoms with Crippen LogP contribution in [0.4, 0.5) is 0 Å². The van der Waals surface area contributed by atoms with Gasteiger partial charge in [-0.2, -0.15) is 0 Å². The monoisotopic (exact) mass is 551 g/mol. The Morgan fingerprint density at radius 3 is 2.03 bits per heavy atom. The van der Waals surface area contributed by atoms with E-state index < -0.39 is 71.1 Å². The molecule has 0 spiro atoms. The third-order valence-corrected chi connectivity index (χ3v) is 10.4. The van der Waals surface area contributed by atoms with Crippen molar-refractivity contribution in [3.05, 3.63) is 34.7 Å². The molecule has 0 saturated carbocycles. The summed E-state index contributed by atoms with van der Waals surface area (Å²) in [5, 5.41) is 20.0. The largest absolute Gasteiger partial charge is 1.00 e. The summed E-state index contributed by atoms with van der Waals surface area (Å²) in [5.74, 6) is -3.59. The van der Waals surface area contributed by atoms with E-state index in [1.54, 1.807) is 0 Å². The number of hydrogen-bond acceptors (Lipinski definition) is 12. The van der Waals surface area contributed by atoms with Crippen molar-refractivity contribution in [3.8, 4) is 0 Å². The molecule has 2 unspecified atom stereocenters. The van der Waals surface area contributed by atoms with E-state index in [1.807, 2.05) is 0 Å². The van der Waals surface area contributed by atoms with Crippen molar-refractivity contribution >= 4 is 22.6 Å². The van der Waals surface area contributed by atoms with Crippen LogP contribution in [0.15, 0.2) is 29.2 Å². The summed E-state index contributed by atoms with van der Waals surface area (Å²) in [6.07, 6.45) is -4.80. The van der Waals surface area contributed by atoms with Gasteiger partial charge in [-0.1, -0.05) is 13.7 Å². The molecule has 1 saturated heterocycles. The zero-order chi connectivity index (χ0) is 21.3. The Kier molecular flexibility index (Phi) is 20.3. The molecule has 1 aromatic rings. The van der Waals surface area contributed by atoms with Crippen molar-refractivity contribution in [1.82, 2.24) is 4.57 Å². The van der Waals surface area contributed by atoms with Crippen molar-refractivity contribution < 1.29 is 171 Å². The van der Waals surface area contributed by atoms with Gasteiger partial charge < -0.3 is 52.7 Å². The zero-order valence-electron chi connectivity index (χ0n) is 18.0. The molecule has 0 bridgehead atoms. The minimum atomic E-state index is -5.50. The summed E-state index contributed by atoms with van der Waals surface area (Å²) in [6.45, 7) is -0.913. The van der Waals surface area contributed by atoms with Crippen LogP contribution in [0.5, 0.6) is 0 Å². The van der Waals surface area contributed by atoms with Crippen LogP contribution in [0.2, 0.25) is 0 Å². The number of rotatable bonds is 8. The number of ether oxygens (including phenoxy) is 1. The van der Waals surface area contributed by atoms with Gasteiger partial charge in [0.05, 0.1) is 12.5 Å². The van der Waals surface area contributed by atoms with E-state index >= 15 is 0 Å². The van der Waals surface area contributed by atoms with Gasteiger partial charge in [0.15, 0.2) is 6.23 Å². The molecule has 0 aliphatic carbocycles. The van der Waals surface area contributed by atoms with E-state index in [2.05, 4.69) is 4.52 Å². The van der Waals surface area contributed by atoms with Crippen molar-refractivity contribution in [2.75, 3.05) is 18.4 Å². The Balaban J connectivity index is -0.00000210. The summed E-state index contributed by atoms with van der Waals surface area (Å²) in [6, 6.07) is 4.04. The molecular formula is C12H16NNa4O12P3. The quantitative estimate of drug-likeness (QED) is 0.227. The third kappa shape index (κ3) is 12.7. The smallest absolute Gasteiger partial charge is 0.810 e. The molecule has 13 nitrogen and oxygen atoms in total. The van der Waals surface area contributed by atoms with Crippen LogP contribution in [-0.4, -0.2) is 51.5 Å². The predicted octanol–water partition coefficient (Wildman–Crippen LogP) is -15.5. The summed E-state index contributed by atoms with van der Waals surface area (Å²) < 4.78 is 44.4. The molecule has 0 amide bonds. The van der Waals surface area contributed by atoms with Gasteiger partial charge in [-0.3, -0.25) is 9.36 Å². The molecule has 1 aliphatic rings. The van der Waals surface area contributed by atoms with Crippen molar-refractivity contribution in [3.63, 3.8) is 0 Å². The number of aromatic nitrogens is 1. The molecular weight excluding hydrogens is 535 g/mol. The Hall–Kier alpha value is 3.32. The second-order valence-corrected chi connectivity index (χ2v) is 12.7. The van der Waals surface area contributed by atoms with Gasteiger partial charge in [0, 0.05) is 25.5 Å². The normalized spacial score (nSPS) is 26.2. The van der Waals surface area contributed by atoms with Crippen LogP contribution in [0.25, 0.3) is 0 Å². The standard InChI is InChI=1S/C12H20NO12P3.4Na/c14-9-3-1-2-4-13(9)12-11(16)10(15)8(25-12)5-24-28(22,23)7-26(17,18)6-27(19,20)21;;;;/h1-4,8,10-12,15-16H,5-7H2,(H,17,18)(H,22,23)(H2,19,20,21);;;;/q;4*+1/p-4/t8-,10-,11-,12-;;;;/m1..../s1. The predicted molar refractivity (Wildman–Crippen MR) is 85.1 cm³/mol. The maximum Gasteiger partial charge on any atom is 1.00 e. The number of nitrogens with zero attached hydrogens (tertiary/aromatic N) is 1. The van der Waals surface area contributed by atoms with Crippen LogP contribution in [0.3, 0.4) is 0 Å². The van der Waals surface area contributed by atoms with Gasteiger partial charge in [-0.05, 0) is 6.07 Å². The maximum atomic E-state index is 11.8. The minimum absolute atomic E-state index is 0. The molecule has 20 heteroatoms. The van der Waals surface area contributed by atoms with Crippen LogP contribution in [0.1, 0.15) is 6.23 Å². The molecule has 160 valence electrons. The molecule has 1 fully saturated rings. The number of hydrogen-bond donors (Lipinski definition) is 2. The molecule has 2 rings (SSSR count). The molecule has 1 aromatic heterocycles. The summed E-state index contributed by atoms with van der Waals surface area (Å²) >= 11 is 0. The molecule has 2 N–H and O–H groups in total. The number of aliphatic hydroxyl groups is 2. The van der Waals surface area contributed by atoms with Crippen molar-refractivity contribution in [1.29, 1.82) is 0 Å². The van der Waals surface area contributed by atoms with Crippen LogP contribution in [0, 0.1) is 0 Å². The average Bonchev–Trinajstić information content (AvgIpc) is 2.78. The summed E-state index contributed by atoms with van der Waals surface area (Å²) in [7, 11) is -15.8. The van der Waals surface area contributed by atoms with E-state index in [9.17, 15) is 48.3 Å². The zero-order valence-corrected chi connectivity index (χ0v) is 28.7. The Morgan fingerprint density at radius 1 is 0.969 bits per heavy atom. The first kappa shape index (κ1) is 39.8. The van der Waals surface area contributed by atoms with Gasteiger partial charge in [-0.25, -0.2) is 0 Å². The second-order valence-electron chi connectivity index (χ2n) is 6.11. The second kappa shape index (κ2) is 16.3. The van der Waals surface area contributed by atoms with E-state index in [0.717, 1.165) is 10.6 Å². The van der Waals surface area contributed by atoms with Crippen molar-refractivity contribution in [2.24, 2.45) is 0 Å². The average molecular weight is 551 g/mol. The first-order chi connectivity index (χ1) is 12.7. The fraction of sp³-hybridized carbons (Fsp3) is 0.583. The molecule has 2 heterocycles. The number of pyridine rings is 1. The molecule has 0 aromatic carbocycles. The van der Waals surface area contributed by atoms with Crippen LogP contribution in [-0.2, 0) is 23.0 Å².